The first-order chi connectivity index (χ1) is 15.4. The van der Waals surface area contributed by atoms with E-state index in [1.807, 2.05) is 0 Å². The average Bonchev–Trinajstić information content (AvgIpc) is 2.81. The first-order valence-corrected chi connectivity index (χ1v) is 9.41. The van der Waals surface area contributed by atoms with E-state index in [1.54, 1.807) is 42.5 Å². The molecule has 0 saturated heterocycles. The van der Waals surface area contributed by atoms with Crippen LogP contribution in [-0.4, -0.2) is 23.1 Å². The number of carboxylic acid groups (broad SMARTS) is 1. The molecule has 0 spiro atoms. The number of nitriles is 1. The molecule has 8 heteroatoms. The monoisotopic (exact) mass is 430 g/mol. The number of benzene rings is 3. The Labute approximate surface area is 183 Å². The molecule has 0 aliphatic rings. The average molecular weight is 430 g/mol. The number of non-ortho nitro benzene ring substituents is 1. The largest absolute Gasteiger partial charge is 0.493 e. The molecule has 160 valence electrons. The zero-order valence-corrected chi connectivity index (χ0v) is 17.0. The number of rotatable bonds is 8. The minimum absolute atomic E-state index is 0.0960. The van der Waals surface area contributed by atoms with Crippen molar-refractivity contribution in [1.29, 1.82) is 5.26 Å². The van der Waals surface area contributed by atoms with E-state index in [0.29, 0.717) is 22.6 Å². The van der Waals surface area contributed by atoms with Gasteiger partial charge in [0.1, 0.15) is 6.61 Å². The molecular formula is C24H18N2O6. The fourth-order valence-electron chi connectivity index (χ4n) is 2.93. The van der Waals surface area contributed by atoms with Crippen LogP contribution in [0.15, 0.2) is 66.7 Å². The van der Waals surface area contributed by atoms with Gasteiger partial charge < -0.3 is 14.6 Å². The van der Waals surface area contributed by atoms with Crippen LogP contribution >= 0.6 is 0 Å². The Kier molecular flexibility index (Phi) is 6.83. The summed E-state index contributed by atoms with van der Waals surface area (Å²) in [6, 6.07) is 19.4. The molecule has 0 bridgehead atoms. The van der Waals surface area contributed by atoms with Gasteiger partial charge in [0.05, 0.1) is 29.2 Å². The summed E-state index contributed by atoms with van der Waals surface area (Å²) in [5, 5.41) is 29.5. The third kappa shape index (κ3) is 5.29. The second-order valence-corrected chi connectivity index (χ2v) is 6.68. The van der Waals surface area contributed by atoms with Gasteiger partial charge in [0.2, 0.25) is 0 Å². The van der Waals surface area contributed by atoms with Crippen LogP contribution in [0.5, 0.6) is 11.5 Å². The lowest BCUT2D eigenvalue weighted by molar-refractivity contribution is -0.384. The Morgan fingerprint density at radius 3 is 2.47 bits per heavy atom. The van der Waals surface area contributed by atoms with Crippen LogP contribution in [0.25, 0.3) is 11.6 Å². The Morgan fingerprint density at radius 2 is 1.84 bits per heavy atom. The number of allylic oxidation sites excluding steroid dienone is 1. The first-order valence-electron chi connectivity index (χ1n) is 9.41. The van der Waals surface area contributed by atoms with Crippen LogP contribution in [0.1, 0.15) is 27.0 Å². The minimum atomic E-state index is -0.996. The molecule has 0 radical (unpaired) electrons. The summed E-state index contributed by atoms with van der Waals surface area (Å²) in [4.78, 5) is 21.4. The van der Waals surface area contributed by atoms with E-state index in [-0.39, 0.29) is 23.4 Å². The molecule has 3 aromatic rings. The predicted octanol–water partition coefficient (Wildman–Crippen LogP) is 4.94. The summed E-state index contributed by atoms with van der Waals surface area (Å²) >= 11 is 0. The lowest BCUT2D eigenvalue weighted by Crippen LogP contribution is -2.00. The number of nitrogens with zero attached hydrogens (tertiary/aromatic N) is 2. The van der Waals surface area contributed by atoms with Crippen molar-refractivity contribution < 1.29 is 24.3 Å². The molecule has 1 N–H and O–H groups in total. The smallest absolute Gasteiger partial charge is 0.335 e. The Balaban J connectivity index is 1.81. The zero-order chi connectivity index (χ0) is 23.1. The molecule has 0 fully saturated rings. The fourth-order valence-corrected chi connectivity index (χ4v) is 2.93. The van der Waals surface area contributed by atoms with Crippen LogP contribution in [0.4, 0.5) is 5.69 Å². The van der Waals surface area contributed by atoms with Crippen molar-refractivity contribution in [3.63, 3.8) is 0 Å². The van der Waals surface area contributed by atoms with E-state index >= 15 is 0 Å². The van der Waals surface area contributed by atoms with E-state index in [0.717, 1.165) is 5.56 Å². The second-order valence-electron chi connectivity index (χ2n) is 6.68. The molecule has 0 heterocycles. The van der Waals surface area contributed by atoms with Gasteiger partial charge in [-0.1, -0.05) is 30.3 Å². The summed E-state index contributed by atoms with van der Waals surface area (Å²) in [5.41, 5.74) is 2.25. The van der Waals surface area contributed by atoms with Gasteiger partial charge in [-0.3, -0.25) is 10.1 Å². The van der Waals surface area contributed by atoms with Gasteiger partial charge in [0.25, 0.3) is 5.69 Å². The third-order valence-electron chi connectivity index (χ3n) is 4.58. The van der Waals surface area contributed by atoms with Crippen molar-refractivity contribution >= 4 is 23.3 Å². The van der Waals surface area contributed by atoms with Crippen LogP contribution in [0.3, 0.4) is 0 Å². The van der Waals surface area contributed by atoms with Gasteiger partial charge in [0.15, 0.2) is 11.5 Å². The van der Waals surface area contributed by atoms with Gasteiger partial charge >= 0.3 is 5.97 Å². The van der Waals surface area contributed by atoms with Crippen molar-refractivity contribution in [2.24, 2.45) is 0 Å². The van der Waals surface area contributed by atoms with Crippen LogP contribution in [0, 0.1) is 21.4 Å². The maximum absolute atomic E-state index is 11.0. The van der Waals surface area contributed by atoms with Gasteiger partial charge in [-0.25, -0.2) is 4.79 Å². The lowest BCUT2D eigenvalue weighted by Gasteiger charge is -2.12. The summed E-state index contributed by atoms with van der Waals surface area (Å²) < 4.78 is 11.2. The van der Waals surface area contributed by atoms with Gasteiger partial charge in [-0.2, -0.15) is 5.26 Å². The second kappa shape index (κ2) is 9.91. The number of nitro benzene ring substituents is 1. The Bertz CT molecular complexity index is 1230. The van der Waals surface area contributed by atoms with E-state index in [9.17, 15) is 20.2 Å². The summed E-state index contributed by atoms with van der Waals surface area (Å²) in [7, 11) is 1.49. The predicted molar refractivity (Wildman–Crippen MR) is 117 cm³/mol. The number of ether oxygens (including phenoxy) is 2. The summed E-state index contributed by atoms with van der Waals surface area (Å²) in [6.07, 6.45) is 1.61. The zero-order valence-electron chi connectivity index (χ0n) is 17.0. The minimum Gasteiger partial charge on any atom is -0.493 e. The number of carbonyl (C=O) groups is 1. The molecule has 3 aromatic carbocycles. The normalized spacial score (nSPS) is 10.8. The molecule has 32 heavy (non-hydrogen) atoms. The summed E-state index contributed by atoms with van der Waals surface area (Å²) in [5.74, 6) is -0.0808. The first kappa shape index (κ1) is 22.1. The highest BCUT2D eigenvalue weighted by Crippen LogP contribution is 2.31. The van der Waals surface area contributed by atoms with Crippen LogP contribution in [0.2, 0.25) is 0 Å². The SMILES string of the molecule is COc1cc(C=C(C#N)c2cccc([N+](=O)[O-])c2)ccc1OCc1ccc(C(=O)O)cc1. The molecule has 8 nitrogen and oxygen atoms in total. The van der Waals surface area contributed by atoms with Crippen molar-refractivity contribution in [3.05, 3.63) is 99.1 Å². The molecule has 0 amide bonds. The highest BCUT2D eigenvalue weighted by Gasteiger charge is 2.11. The Morgan fingerprint density at radius 1 is 1.09 bits per heavy atom. The highest BCUT2D eigenvalue weighted by molar-refractivity contribution is 5.90. The van der Waals surface area contributed by atoms with Gasteiger partial charge in [0, 0.05) is 12.1 Å². The topological polar surface area (TPSA) is 123 Å². The summed E-state index contributed by atoms with van der Waals surface area (Å²) in [6.45, 7) is 0.211. The molecule has 0 aliphatic carbocycles. The van der Waals surface area contributed by atoms with E-state index in [4.69, 9.17) is 14.6 Å². The maximum Gasteiger partial charge on any atom is 0.335 e. The molecule has 0 atom stereocenters. The number of methoxy groups -OCH3 is 1. The van der Waals surface area contributed by atoms with Crippen LogP contribution < -0.4 is 9.47 Å². The number of carboxylic acids is 1. The van der Waals surface area contributed by atoms with E-state index in [2.05, 4.69) is 6.07 Å². The van der Waals surface area contributed by atoms with E-state index < -0.39 is 10.9 Å². The fraction of sp³-hybridized carbons (Fsp3) is 0.0833. The maximum atomic E-state index is 11.0. The molecule has 0 aliphatic heterocycles. The van der Waals surface area contributed by atoms with Gasteiger partial charge in [-0.05, 0) is 47.0 Å². The quantitative estimate of drug-likeness (QED) is 0.232. The standard InChI is InChI=1S/C24H18N2O6/c1-31-23-12-17(11-20(14-25)19-3-2-4-21(13-19)26(29)30)7-10-22(23)32-15-16-5-8-18(9-6-16)24(27)28/h2-13H,15H2,1H3,(H,27,28). The van der Waals surface area contributed by atoms with Crippen molar-refractivity contribution in [3.8, 4) is 17.6 Å². The molecule has 0 saturated carbocycles. The van der Waals surface area contributed by atoms with Crippen molar-refractivity contribution in [1.82, 2.24) is 0 Å². The number of hydrogen-bond acceptors (Lipinski definition) is 6. The third-order valence-corrected chi connectivity index (χ3v) is 4.58. The molecule has 0 unspecified atom stereocenters. The van der Waals surface area contributed by atoms with Crippen molar-refractivity contribution in [2.45, 2.75) is 6.61 Å². The van der Waals surface area contributed by atoms with Gasteiger partial charge in [-0.15, -0.1) is 0 Å². The number of nitro groups is 1. The number of hydrogen-bond donors (Lipinski definition) is 1. The lowest BCUT2D eigenvalue weighted by atomic mass is 10.0. The van der Waals surface area contributed by atoms with E-state index in [1.165, 1.54) is 37.4 Å². The molecular weight excluding hydrogens is 412 g/mol. The Hall–Kier alpha value is -4.64. The molecule has 3 rings (SSSR count). The number of aromatic carboxylic acids is 1. The highest BCUT2D eigenvalue weighted by atomic mass is 16.6. The molecule has 0 aromatic heterocycles. The van der Waals surface area contributed by atoms with Crippen LogP contribution in [-0.2, 0) is 6.61 Å². The van der Waals surface area contributed by atoms with Crippen molar-refractivity contribution in [2.75, 3.05) is 7.11 Å².